The summed E-state index contributed by atoms with van der Waals surface area (Å²) in [6.45, 7) is 4.12. The number of hydrogen-bond donors (Lipinski definition) is 0. The second-order valence-corrected chi connectivity index (χ2v) is 3.63. The first-order valence-electron chi connectivity index (χ1n) is 6.04. The van der Waals surface area contributed by atoms with E-state index in [4.69, 9.17) is 18.9 Å². The van der Waals surface area contributed by atoms with Crippen molar-refractivity contribution in [2.75, 3.05) is 46.8 Å². The lowest BCUT2D eigenvalue weighted by Gasteiger charge is -2.06. The molecule has 0 aromatic carbocycles. The lowest BCUT2D eigenvalue weighted by molar-refractivity contribution is 0.000839. The van der Waals surface area contributed by atoms with Crippen LogP contribution in [0.2, 0.25) is 0 Å². The number of nitrogens with zero attached hydrogens (tertiary/aromatic N) is 1. The molecule has 0 bridgehead atoms. The van der Waals surface area contributed by atoms with E-state index in [1.165, 1.54) is 0 Å². The van der Waals surface area contributed by atoms with Gasteiger partial charge in [0.2, 0.25) is 0 Å². The molecule has 5 heteroatoms. The van der Waals surface area contributed by atoms with Crippen LogP contribution in [0.1, 0.15) is 5.56 Å². The molecule has 0 spiro atoms. The number of pyridine rings is 1. The normalized spacial score (nSPS) is 10.7. The van der Waals surface area contributed by atoms with E-state index in [1.807, 2.05) is 12.1 Å². The predicted octanol–water partition coefficient (Wildman–Crippen LogP) is 1.28. The van der Waals surface area contributed by atoms with Crippen molar-refractivity contribution in [3.63, 3.8) is 0 Å². The van der Waals surface area contributed by atoms with Gasteiger partial charge in [-0.05, 0) is 11.6 Å². The lowest BCUT2D eigenvalue weighted by Crippen LogP contribution is -2.11. The maximum atomic E-state index is 5.44. The Bertz CT molecular complexity index is 282. The molecular weight excluding hydrogens is 234 g/mol. The molecule has 0 aliphatic carbocycles. The summed E-state index contributed by atoms with van der Waals surface area (Å²) in [6, 6.07) is 3.88. The SMILES string of the molecule is COCCOCCOCCOCc1cccnc1. The summed E-state index contributed by atoms with van der Waals surface area (Å²) in [4.78, 5) is 4.01. The molecule has 1 aromatic rings. The van der Waals surface area contributed by atoms with Crippen molar-refractivity contribution >= 4 is 0 Å². The van der Waals surface area contributed by atoms with Crippen molar-refractivity contribution in [3.8, 4) is 0 Å². The van der Waals surface area contributed by atoms with Crippen LogP contribution in [0.25, 0.3) is 0 Å². The number of hydrogen-bond acceptors (Lipinski definition) is 5. The highest BCUT2D eigenvalue weighted by atomic mass is 16.6. The van der Waals surface area contributed by atoms with Crippen LogP contribution in [0.5, 0.6) is 0 Å². The van der Waals surface area contributed by atoms with E-state index in [0.29, 0.717) is 46.2 Å². The molecule has 0 saturated heterocycles. The minimum absolute atomic E-state index is 0.571. The molecule has 0 amide bonds. The number of ether oxygens (including phenoxy) is 4. The van der Waals surface area contributed by atoms with Crippen molar-refractivity contribution < 1.29 is 18.9 Å². The van der Waals surface area contributed by atoms with Gasteiger partial charge in [0.25, 0.3) is 0 Å². The molecule has 0 saturated carbocycles. The summed E-state index contributed by atoms with van der Waals surface area (Å²) in [5, 5.41) is 0. The van der Waals surface area contributed by atoms with Crippen molar-refractivity contribution in [1.82, 2.24) is 4.98 Å². The first-order valence-corrected chi connectivity index (χ1v) is 6.04. The molecule has 0 unspecified atom stereocenters. The molecule has 1 heterocycles. The quantitative estimate of drug-likeness (QED) is 0.557. The van der Waals surface area contributed by atoms with Gasteiger partial charge in [0.15, 0.2) is 0 Å². The fourth-order valence-corrected chi connectivity index (χ4v) is 1.26. The molecular formula is C13H21NO4. The third-order valence-corrected chi connectivity index (χ3v) is 2.17. The maximum absolute atomic E-state index is 5.44. The molecule has 1 rings (SSSR count). The Hall–Kier alpha value is -1.01. The standard InChI is InChI=1S/C13H21NO4/c1-15-5-6-16-7-8-17-9-10-18-12-13-3-2-4-14-11-13/h2-4,11H,5-10,12H2,1H3. The summed E-state index contributed by atoms with van der Waals surface area (Å²) in [5.41, 5.74) is 1.07. The summed E-state index contributed by atoms with van der Waals surface area (Å²) in [7, 11) is 1.65. The zero-order chi connectivity index (χ0) is 12.9. The van der Waals surface area contributed by atoms with Gasteiger partial charge in [-0.15, -0.1) is 0 Å². The lowest BCUT2D eigenvalue weighted by atomic mass is 10.3. The van der Waals surface area contributed by atoms with Gasteiger partial charge in [0.05, 0.1) is 46.2 Å². The Morgan fingerprint density at radius 3 is 2.22 bits per heavy atom. The van der Waals surface area contributed by atoms with Crippen molar-refractivity contribution in [1.29, 1.82) is 0 Å². The fourth-order valence-electron chi connectivity index (χ4n) is 1.26. The van der Waals surface area contributed by atoms with Crippen LogP contribution < -0.4 is 0 Å². The molecule has 5 nitrogen and oxygen atoms in total. The van der Waals surface area contributed by atoms with Gasteiger partial charge in [0.1, 0.15) is 0 Å². The highest BCUT2D eigenvalue weighted by Crippen LogP contribution is 1.97. The Morgan fingerprint density at radius 1 is 0.944 bits per heavy atom. The number of aromatic nitrogens is 1. The summed E-state index contributed by atoms with van der Waals surface area (Å²) in [6.07, 6.45) is 3.54. The molecule has 0 radical (unpaired) electrons. The second-order valence-electron chi connectivity index (χ2n) is 3.63. The van der Waals surface area contributed by atoms with Gasteiger partial charge in [0, 0.05) is 19.5 Å². The van der Waals surface area contributed by atoms with E-state index in [2.05, 4.69) is 4.98 Å². The van der Waals surface area contributed by atoms with Crippen LogP contribution in [-0.2, 0) is 25.6 Å². The van der Waals surface area contributed by atoms with Crippen LogP contribution >= 0.6 is 0 Å². The fraction of sp³-hybridized carbons (Fsp3) is 0.615. The van der Waals surface area contributed by atoms with Crippen molar-refractivity contribution in [2.45, 2.75) is 6.61 Å². The molecule has 0 fully saturated rings. The van der Waals surface area contributed by atoms with Gasteiger partial charge in [-0.1, -0.05) is 6.07 Å². The van der Waals surface area contributed by atoms with Gasteiger partial charge < -0.3 is 18.9 Å². The van der Waals surface area contributed by atoms with Gasteiger partial charge in [-0.2, -0.15) is 0 Å². The van der Waals surface area contributed by atoms with E-state index < -0.39 is 0 Å². The van der Waals surface area contributed by atoms with Gasteiger partial charge in [-0.3, -0.25) is 4.98 Å². The molecule has 18 heavy (non-hydrogen) atoms. The third-order valence-electron chi connectivity index (χ3n) is 2.17. The van der Waals surface area contributed by atoms with E-state index in [1.54, 1.807) is 19.5 Å². The molecule has 0 N–H and O–H groups in total. The average molecular weight is 255 g/mol. The second kappa shape index (κ2) is 11.1. The van der Waals surface area contributed by atoms with Crippen molar-refractivity contribution in [3.05, 3.63) is 30.1 Å². The van der Waals surface area contributed by atoms with Crippen LogP contribution in [0.4, 0.5) is 0 Å². The van der Waals surface area contributed by atoms with Crippen molar-refractivity contribution in [2.24, 2.45) is 0 Å². The van der Waals surface area contributed by atoms with E-state index in [-0.39, 0.29) is 0 Å². The minimum Gasteiger partial charge on any atom is -0.382 e. The topological polar surface area (TPSA) is 49.8 Å². The summed E-state index contributed by atoms with van der Waals surface area (Å²) < 4.78 is 20.9. The molecule has 1 aromatic heterocycles. The Balaban J connectivity index is 1.82. The summed E-state index contributed by atoms with van der Waals surface area (Å²) in [5.74, 6) is 0. The highest BCUT2D eigenvalue weighted by molar-refractivity contribution is 5.06. The van der Waals surface area contributed by atoms with Crippen LogP contribution in [0, 0.1) is 0 Å². The van der Waals surface area contributed by atoms with Gasteiger partial charge in [-0.25, -0.2) is 0 Å². The Kier molecular flexibility index (Phi) is 9.28. The molecule has 0 aliphatic heterocycles. The van der Waals surface area contributed by atoms with Crippen LogP contribution in [-0.4, -0.2) is 51.7 Å². The number of methoxy groups -OCH3 is 1. The maximum Gasteiger partial charge on any atom is 0.0732 e. The zero-order valence-corrected chi connectivity index (χ0v) is 10.8. The average Bonchev–Trinajstić information content (AvgIpc) is 2.42. The smallest absolute Gasteiger partial charge is 0.0732 e. The summed E-state index contributed by atoms with van der Waals surface area (Å²) >= 11 is 0. The molecule has 0 atom stereocenters. The van der Waals surface area contributed by atoms with E-state index in [0.717, 1.165) is 5.56 Å². The highest BCUT2D eigenvalue weighted by Gasteiger charge is 1.93. The zero-order valence-electron chi connectivity index (χ0n) is 10.8. The third kappa shape index (κ3) is 8.14. The van der Waals surface area contributed by atoms with Gasteiger partial charge >= 0.3 is 0 Å². The minimum atomic E-state index is 0.571. The number of rotatable bonds is 11. The monoisotopic (exact) mass is 255 g/mol. The predicted molar refractivity (Wildman–Crippen MR) is 67.4 cm³/mol. The largest absolute Gasteiger partial charge is 0.382 e. The first kappa shape index (κ1) is 15.0. The van der Waals surface area contributed by atoms with E-state index in [9.17, 15) is 0 Å². The van der Waals surface area contributed by atoms with Crippen LogP contribution in [0.3, 0.4) is 0 Å². The molecule has 102 valence electrons. The Labute approximate surface area is 108 Å². The Morgan fingerprint density at radius 2 is 1.61 bits per heavy atom. The van der Waals surface area contributed by atoms with Crippen LogP contribution in [0.15, 0.2) is 24.5 Å². The van der Waals surface area contributed by atoms with E-state index >= 15 is 0 Å². The molecule has 0 aliphatic rings. The first-order chi connectivity index (χ1) is 8.93.